The monoisotopic (exact) mass is 337 g/mol. The van der Waals surface area contributed by atoms with Gasteiger partial charge < -0.3 is 4.90 Å². The van der Waals surface area contributed by atoms with E-state index in [1.54, 1.807) is 0 Å². The van der Waals surface area contributed by atoms with Gasteiger partial charge in [0.15, 0.2) is 0 Å². The molecule has 2 aromatic rings. The van der Waals surface area contributed by atoms with Crippen LogP contribution in [-0.4, -0.2) is 13.1 Å². The number of hydrogen-bond acceptors (Lipinski definition) is 1. The Morgan fingerprint density at radius 1 is 0.857 bits per heavy atom. The van der Waals surface area contributed by atoms with E-state index in [4.69, 9.17) is 34.8 Å². The van der Waals surface area contributed by atoms with Gasteiger partial charge in [-0.3, -0.25) is 0 Å². The number of rotatable bonds is 2. The van der Waals surface area contributed by atoms with Gasteiger partial charge in [0.05, 0.1) is 15.7 Å². The Labute approximate surface area is 139 Å². The molecular weight excluding hydrogens is 325 g/mol. The lowest BCUT2D eigenvalue weighted by Crippen LogP contribution is -2.28. The molecule has 1 nitrogen and oxygen atoms in total. The van der Waals surface area contributed by atoms with Gasteiger partial charge in [0, 0.05) is 18.1 Å². The summed E-state index contributed by atoms with van der Waals surface area (Å²) in [5.74, 6) is 0. The molecule has 0 radical (unpaired) electrons. The number of nitrogens with zero attached hydrogens (tertiary/aromatic N) is 1. The molecule has 0 saturated carbocycles. The third kappa shape index (κ3) is 3.21. The first-order valence-electron chi connectivity index (χ1n) is 6.79. The second-order valence-electron chi connectivity index (χ2n) is 5.00. The molecule has 1 heterocycles. The van der Waals surface area contributed by atoms with E-state index in [1.165, 1.54) is 11.1 Å². The van der Waals surface area contributed by atoms with Crippen LogP contribution in [0.25, 0.3) is 5.57 Å². The second-order valence-corrected chi connectivity index (χ2v) is 6.25. The summed E-state index contributed by atoms with van der Waals surface area (Å²) in [5.41, 5.74) is 3.49. The molecule has 0 unspecified atom stereocenters. The predicted octanol–water partition coefficient (Wildman–Crippen LogP) is 5.94. The number of para-hydroxylation sites is 1. The largest absolute Gasteiger partial charge is 0.365 e. The summed E-state index contributed by atoms with van der Waals surface area (Å²) in [6.45, 7) is 1.71. The van der Waals surface area contributed by atoms with Gasteiger partial charge in [0.1, 0.15) is 0 Å². The first-order chi connectivity index (χ1) is 10.1. The van der Waals surface area contributed by atoms with Crippen LogP contribution in [0.5, 0.6) is 0 Å². The maximum absolute atomic E-state index is 6.27. The van der Waals surface area contributed by atoms with Crippen molar-refractivity contribution in [2.45, 2.75) is 6.42 Å². The van der Waals surface area contributed by atoms with E-state index in [2.05, 4.69) is 23.1 Å². The Balaban J connectivity index is 1.82. The maximum Gasteiger partial charge on any atom is 0.0747 e. The minimum absolute atomic E-state index is 0.700. The fraction of sp³-hybridized carbons (Fsp3) is 0.176. The Morgan fingerprint density at radius 2 is 1.52 bits per heavy atom. The van der Waals surface area contributed by atoms with Crippen molar-refractivity contribution in [1.29, 1.82) is 0 Å². The molecule has 0 atom stereocenters. The van der Waals surface area contributed by atoms with Crippen LogP contribution in [0.3, 0.4) is 0 Å². The maximum atomic E-state index is 6.27. The lowest BCUT2D eigenvalue weighted by molar-refractivity contribution is 0.833. The molecule has 108 valence electrons. The Bertz CT molecular complexity index is 657. The van der Waals surface area contributed by atoms with Crippen LogP contribution in [-0.2, 0) is 0 Å². The van der Waals surface area contributed by atoms with Crippen LogP contribution in [0, 0.1) is 0 Å². The van der Waals surface area contributed by atoms with Gasteiger partial charge in [-0.25, -0.2) is 0 Å². The Morgan fingerprint density at radius 3 is 2.10 bits per heavy atom. The molecule has 21 heavy (non-hydrogen) atoms. The minimum Gasteiger partial charge on any atom is -0.365 e. The summed E-state index contributed by atoms with van der Waals surface area (Å²) in [5, 5.41) is 2.16. The molecule has 1 aliphatic heterocycles. The summed E-state index contributed by atoms with van der Waals surface area (Å²) >= 11 is 18.5. The average Bonchev–Trinajstić information content (AvgIpc) is 2.49. The number of anilines is 1. The molecule has 1 aliphatic rings. The van der Waals surface area contributed by atoms with E-state index in [-0.39, 0.29) is 0 Å². The normalized spacial score (nSPS) is 15.0. The molecule has 4 heteroatoms. The minimum atomic E-state index is 0.700. The van der Waals surface area contributed by atoms with Crippen LogP contribution >= 0.6 is 34.8 Å². The van der Waals surface area contributed by atoms with E-state index in [9.17, 15) is 0 Å². The lowest BCUT2D eigenvalue weighted by atomic mass is 9.99. The van der Waals surface area contributed by atoms with E-state index < -0.39 is 0 Å². The molecule has 0 fully saturated rings. The van der Waals surface area contributed by atoms with E-state index in [0.717, 1.165) is 30.2 Å². The van der Waals surface area contributed by atoms with Crippen molar-refractivity contribution < 1.29 is 0 Å². The zero-order chi connectivity index (χ0) is 14.8. The van der Waals surface area contributed by atoms with Crippen LogP contribution in [0.4, 0.5) is 5.69 Å². The van der Waals surface area contributed by atoms with Crippen LogP contribution in [0.2, 0.25) is 15.1 Å². The second kappa shape index (κ2) is 6.31. The first-order valence-corrected chi connectivity index (χ1v) is 7.92. The Kier molecular flexibility index (Phi) is 4.44. The summed E-state index contributed by atoms with van der Waals surface area (Å²) in [6.07, 6.45) is 3.19. The predicted molar refractivity (Wildman–Crippen MR) is 92.7 cm³/mol. The molecule has 3 rings (SSSR count). The van der Waals surface area contributed by atoms with Crippen molar-refractivity contribution in [3.05, 3.63) is 69.2 Å². The number of benzene rings is 2. The number of halogens is 3. The molecular formula is C17H14Cl3N. The van der Waals surface area contributed by atoms with Gasteiger partial charge in [-0.2, -0.15) is 0 Å². The number of hydrogen-bond donors (Lipinski definition) is 0. The van der Waals surface area contributed by atoms with Crippen molar-refractivity contribution in [2.24, 2.45) is 0 Å². The van der Waals surface area contributed by atoms with Crippen molar-refractivity contribution in [3.63, 3.8) is 0 Å². The molecule has 0 aliphatic carbocycles. The zero-order valence-electron chi connectivity index (χ0n) is 11.3. The fourth-order valence-corrected chi connectivity index (χ4v) is 3.35. The molecule has 0 spiro atoms. The van der Waals surface area contributed by atoms with Crippen molar-refractivity contribution >= 4 is 46.1 Å². The third-order valence-corrected chi connectivity index (χ3v) is 4.54. The van der Waals surface area contributed by atoms with Crippen LogP contribution < -0.4 is 4.90 Å². The highest BCUT2D eigenvalue weighted by atomic mass is 35.5. The van der Waals surface area contributed by atoms with Crippen molar-refractivity contribution in [1.82, 2.24) is 0 Å². The van der Waals surface area contributed by atoms with Gasteiger partial charge in [-0.05, 0) is 41.8 Å². The highest BCUT2D eigenvalue weighted by Crippen LogP contribution is 2.36. The summed E-state index contributed by atoms with van der Waals surface area (Å²) < 4.78 is 0. The molecule has 0 amide bonds. The van der Waals surface area contributed by atoms with Crippen molar-refractivity contribution in [3.8, 4) is 0 Å². The standard InChI is InChI=1S/C17H14Cl3N/c18-14-6-4-12(5-7-14)13-8-10-21(11-9-13)17-15(19)2-1-3-16(17)20/h1-8H,9-11H2. The van der Waals surface area contributed by atoms with Gasteiger partial charge in [-0.15, -0.1) is 0 Å². The quantitative estimate of drug-likeness (QED) is 0.655. The summed E-state index contributed by atoms with van der Waals surface area (Å²) in [4.78, 5) is 2.21. The summed E-state index contributed by atoms with van der Waals surface area (Å²) in [7, 11) is 0. The van der Waals surface area contributed by atoms with E-state index >= 15 is 0 Å². The smallest absolute Gasteiger partial charge is 0.0747 e. The molecule has 0 bridgehead atoms. The first kappa shape index (κ1) is 14.8. The van der Waals surface area contributed by atoms with E-state index in [0.29, 0.717) is 10.0 Å². The third-order valence-electron chi connectivity index (χ3n) is 3.68. The summed E-state index contributed by atoms with van der Waals surface area (Å²) in [6, 6.07) is 13.6. The average molecular weight is 339 g/mol. The van der Waals surface area contributed by atoms with Crippen LogP contribution in [0.1, 0.15) is 12.0 Å². The van der Waals surface area contributed by atoms with Gasteiger partial charge in [0.25, 0.3) is 0 Å². The topological polar surface area (TPSA) is 3.24 Å². The molecule has 0 saturated heterocycles. The highest BCUT2D eigenvalue weighted by Gasteiger charge is 2.17. The van der Waals surface area contributed by atoms with Crippen molar-refractivity contribution in [2.75, 3.05) is 18.0 Å². The van der Waals surface area contributed by atoms with Gasteiger partial charge in [-0.1, -0.05) is 59.1 Å². The van der Waals surface area contributed by atoms with E-state index in [1.807, 2.05) is 30.3 Å². The zero-order valence-corrected chi connectivity index (χ0v) is 13.6. The lowest BCUT2D eigenvalue weighted by Gasteiger charge is -2.30. The van der Waals surface area contributed by atoms with Crippen LogP contribution in [0.15, 0.2) is 48.5 Å². The molecule has 0 aromatic heterocycles. The fourth-order valence-electron chi connectivity index (χ4n) is 2.59. The SMILES string of the molecule is Clc1ccc(C2=CCN(c3c(Cl)cccc3Cl)CC2)cc1. The molecule has 2 aromatic carbocycles. The Hall–Kier alpha value is -1.15. The molecule has 0 N–H and O–H groups in total. The van der Waals surface area contributed by atoms with Gasteiger partial charge in [0.2, 0.25) is 0 Å². The van der Waals surface area contributed by atoms with Gasteiger partial charge >= 0.3 is 0 Å². The highest BCUT2D eigenvalue weighted by molar-refractivity contribution is 6.39.